The van der Waals surface area contributed by atoms with Crippen LogP contribution >= 0.6 is 0 Å². The summed E-state index contributed by atoms with van der Waals surface area (Å²) in [5.74, 6) is -1.75. The van der Waals surface area contributed by atoms with E-state index in [1.165, 1.54) is 25.3 Å². The highest BCUT2D eigenvalue weighted by Gasteiger charge is 2.15. The Morgan fingerprint density at radius 1 is 1.42 bits per heavy atom. The molecular formula is C12H16N2O5. The Morgan fingerprint density at radius 3 is 2.68 bits per heavy atom. The maximum atomic E-state index is 11.6. The van der Waals surface area contributed by atoms with E-state index < -0.39 is 17.7 Å². The average Bonchev–Trinajstić information content (AvgIpc) is 2.31. The molecule has 0 aliphatic carbocycles. The summed E-state index contributed by atoms with van der Waals surface area (Å²) in [6.07, 6.45) is 0. The predicted molar refractivity (Wildman–Crippen MR) is 68.6 cm³/mol. The number of carbonyl (C=O) groups is 2. The van der Waals surface area contributed by atoms with Gasteiger partial charge in [0.05, 0.1) is 18.3 Å². The first-order valence-corrected chi connectivity index (χ1v) is 5.57. The maximum Gasteiger partial charge on any atom is 0.339 e. The predicted octanol–water partition coefficient (Wildman–Crippen LogP) is 1.25. The van der Waals surface area contributed by atoms with Crippen molar-refractivity contribution in [2.45, 2.75) is 13.0 Å². The van der Waals surface area contributed by atoms with Gasteiger partial charge in [0, 0.05) is 7.11 Å². The normalized spacial score (nSPS) is 11.7. The zero-order valence-corrected chi connectivity index (χ0v) is 10.6. The molecule has 2 amide bonds. The van der Waals surface area contributed by atoms with E-state index in [9.17, 15) is 14.7 Å². The lowest BCUT2D eigenvalue weighted by Crippen LogP contribution is -2.38. The summed E-state index contributed by atoms with van der Waals surface area (Å²) in [5, 5.41) is 23.5. The monoisotopic (exact) mass is 268 g/mol. The van der Waals surface area contributed by atoms with E-state index in [1.807, 2.05) is 0 Å². The molecule has 104 valence electrons. The van der Waals surface area contributed by atoms with Crippen molar-refractivity contribution >= 4 is 17.7 Å². The smallest absolute Gasteiger partial charge is 0.339 e. The Balaban J connectivity index is 2.75. The van der Waals surface area contributed by atoms with Crippen molar-refractivity contribution in [2.24, 2.45) is 0 Å². The molecule has 1 aromatic carbocycles. The maximum absolute atomic E-state index is 11.6. The quantitative estimate of drug-likeness (QED) is 0.601. The van der Waals surface area contributed by atoms with Gasteiger partial charge in [-0.3, -0.25) is 0 Å². The van der Waals surface area contributed by atoms with Gasteiger partial charge in [-0.25, -0.2) is 9.59 Å². The van der Waals surface area contributed by atoms with Gasteiger partial charge in [-0.05, 0) is 19.1 Å². The molecular weight excluding hydrogens is 252 g/mol. The first-order chi connectivity index (χ1) is 8.95. The van der Waals surface area contributed by atoms with Gasteiger partial charge in [0.2, 0.25) is 0 Å². The number of amides is 2. The standard InChI is InChI=1S/C12H16N2O5/c1-7(6-19-2)13-12(18)14-9-5-3-4-8(10(9)15)11(16)17/h3-5,7,15H,6H2,1-2H3,(H,16,17)(H2,13,14,18). The number of carboxylic acids is 1. The number of carbonyl (C=O) groups excluding carboxylic acids is 1. The molecule has 1 aromatic rings. The van der Waals surface area contributed by atoms with Crippen LogP contribution in [0.5, 0.6) is 5.75 Å². The SMILES string of the molecule is COCC(C)NC(=O)Nc1cccc(C(=O)O)c1O. The zero-order chi connectivity index (χ0) is 14.4. The molecule has 19 heavy (non-hydrogen) atoms. The Hall–Kier alpha value is -2.28. The van der Waals surface area contributed by atoms with Gasteiger partial charge >= 0.3 is 12.0 Å². The van der Waals surface area contributed by atoms with Crippen LogP contribution in [-0.4, -0.2) is 42.0 Å². The van der Waals surface area contributed by atoms with Crippen LogP contribution in [0.4, 0.5) is 10.5 Å². The zero-order valence-electron chi connectivity index (χ0n) is 10.6. The van der Waals surface area contributed by atoms with Crippen molar-refractivity contribution in [1.29, 1.82) is 0 Å². The number of hydrogen-bond donors (Lipinski definition) is 4. The Bertz CT molecular complexity index is 475. The number of anilines is 1. The molecule has 0 heterocycles. The van der Waals surface area contributed by atoms with E-state index >= 15 is 0 Å². The molecule has 0 aliphatic rings. The number of benzene rings is 1. The fourth-order valence-corrected chi connectivity index (χ4v) is 1.49. The number of rotatable bonds is 5. The molecule has 4 N–H and O–H groups in total. The molecule has 0 aromatic heterocycles. The minimum atomic E-state index is -1.27. The molecule has 0 saturated heterocycles. The first-order valence-electron chi connectivity index (χ1n) is 5.57. The Morgan fingerprint density at radius 2 is 2.11 bits per heavy atom. The van der Waals surface area contributed by atoms with Crippen LogP contribution < -0.4 is 10.6 Å². The van der Waals surface area contributed by atoms with Crippen LogP contribution in [0.25, 0.3) is 0 Å². The van der Waals surface area contributed by atoms with E-state index in [0.29, 0.717) is 6.61 Å². The first kappa shape index (κ1) is 14.8. The summed E-state index contributed by atoms with van der Waals surface area (Å²) in [5.41, 5.74) is -0.246. The third-order valence-electron chi connectivity index (χ3n) is 2.31. The van der Waals surface area contributed by atoms with E-state index in [-0.39, 0.29) is 17.3 Å². The van der Waals surface area contributed by atoms with Crippen LogP contribution in [-0.2, 0) is 4.74 Å². The second-order valence-electron chi connectivity index (χ2n) is 3.96. The Kier molecular flexibility index (Phi) is 5.13. The number of methoxy groups -OCH3 is 1. The number of carboxylic acid groups (broad SMARTS) is 1. The largest absolute Gasteiger partial charge is 0.505 e. The van der Waals surface area contributed by atoms with Crippen molar-refractivity contribution < 1.29 is 24.5 Å². The van der Waals surface area contributed by atoms with E-state index in [2.05, 4.69) is 10.6 Å². The molecule has 1 rings (SSSR count). The van der Waals surface area contributed by atoms with E-state index in [0.717, 1.165) is 0 Å². The van der Waals surface area contributed by atoms with Gasteiger partial charge in [0.1, 0.15) is 5.56 Å². The molecule has 0 bridgehead atoms. The highest BCUT2D eigenvalue weighted by Crippen LogP contribution is 2.27. The van der Waals surface area contributed by atoms with Crippen LogP contribution in [0.1, 0.15) is 17.3 Å². The van der Waals surface area contributed by atoms with Gasteiger partial charge in [-0.1, -0.05) is 6.07 Å². The van der Waals surface area contributed by atoms with Crippen LogP contribution in [0, 0.1) is 0 Å². The third-order valence-corrected chi connectivity index (χ3v) is 2.31. The minimum Gasteiger partial charge on any atom is -0.505 e. The second-order valence-corrected chi connectivity index (χ2v) is 3.96. The summed E-state index contributed by atoms with van der Waals surface area (Å²) in [7, 11) is 1.51. The number of aromatic carboxylic acids is 1. The van der Waals surface area contributed by atoms with Crippen molar-refractivity contribution in [3.8, 4) is 5.75 Å². The van der Waals surface area contributed by atoms with E-state index in [4.69, 9.17) is 9.84 Å². The fourth-order valence-electron chi connectivity index (χ4n) is 1.49. The molecule has 7 nitrogen and oxygen atoms in total. The lowest BCUT2D eigenvalue weighted by molar-refractivity contribution is 0.0693. The van der Waals surface area contributed by atoms with Crippen molar-refractivity contribution in [3.63, 3.8) is 0 Å². The molecule has 0 spiro atoms. The Labute approximate surface area is 110 Å². The second kappa shape index (κ2) is 6.60. The number of ether oxygens (including phenoxy) is 1. The molecule has 1 atom stereocenters. The minimum absolute atomic E-state index is 0.0296. The molecule has 1 unspecified atom stereocenters. The van der Waals surface area contributed by atoms with Gasteiger partial charge < -0.3 is 25.6 Å². The van der Waals surface area contributed by atoms with Crippen molar-refractivity contribution in [3.05, 3.63) is 23.8 Å². The number of para-hydroxylation sites is 1. The van der Waals surface area contributed by atoms with Gasteiger partial charge in [0.15, 0.2) is 5.75 Å². The van der Waals surface area contributed by atoms with Crippen LogP contribution in [0.15, 0.2) is 18.2 Å². The number of aromatic hydroxyl groups is 1. The lowest BCUT2D eigenvalue weighted by atomic mass is 10.1. The van der Waals surface area contributed by atoms with Gasteiger partial charge in [0.25, 0.3) is 0 Å². The highest BCUT2D eigenvalue weighted by atomic mass is 16.5. The summed E-state index contributed by atoms with van der Waals surface area (Å²) in [6.45, 7) is 2.09. The molecule has 0 fully saturated rings. The van der Waals surface area contributed by atoms with E-state index in [1.54, 1.807) is 6.92 Å². The number of urea groups is 1. The third kappa shape index (κ3) is 4.14. The molecule has 0 saturated carbocycles. The average molecular weight is 268 g/mol. The topological polar surface area (TPSA) is 108 Å². The van der Waals surface area contributed by atoms with Gasteiger partial charge in [-0.2, -0.15) is 0 Å². The molecule has 0 aliphatic heterocycles. The number of phenols is 1. The summed E-state index contributed by atoms with van der Waals surface area (Å²) in [4.78, 5) is 22.4. The summed E-state index contributed by atoms with van der Waals surface area (Å²) in [6, 6.07) is 3.31. The summed E-state index contributed by atoms with van der Waals surface area (Å²) >= 11 is 0. The van der Waals surface area contributed by atoms with Crippen molar-refractivity contribution in [2.75, 3.05) is 19.0 Å². The summed E-state index contributed by atoms with van der Waals surface area (Å²) < 4.78 is 4.86. The molecule has 0 radical (unpaired) electrons. The van der Waals surface area contributed by atoms with Crippen LogP contribution in [0.2, 0.25) is 0 Å². The van der Waals surface area contributed by atoms with Crippen LogP contribution in [0.3, 0.4) is 0 Å². The number of nitrogens with one attached hydrogen (secondary N) is 2. The number of hydrogen-bond acceptors (Lipinski definition) is 4. The highest BCUT2D eigenvalue weighted by molar-refractivity contribution is 5.97. The fraction of sp³-hybridized carbons (Fsp3) is 0.333. The van der Waals surface area contributed by atoms with Crippen molar-refractivity contribution in [1.82, 2.24) is 5.32 Å². The molecule has 7 heteroatoms. The van der Waals surface area contributed by atoms with Gasteiger partial charge in [-0.15, -0.1) is 0 Å². The lowest BCUT2D eigenvalue weighted by Gasteiger charge is -2.14.